The predicted molar refractivity (Wildman–Crippen MR) is 81.3 cm³/mol. The normalized spacial score (nSPS) is 11.1. The molecule has 0 unspecified atom stereocenters. The van der Waals surface area contributed by atoms with Gasteiger partial charge in [0, 0.05) is 23.1 Å². The van der Waals surface area contributed by atoms with Crippen molar-refractivity contribution in [1.82, 2.24) is 4.90 Å². The molecule has 4 heteroatoms. The standard InChI is InChI=1S/C15H21BrN2O/c1-11(2)18(12(3)4)7-8-19-15-9-14(16)6-5-13(15)10-17/h5-6,9,11-12H,7-8H2,1-4H3. The molecule has 19 heavy (non-hydrogen) atoms. The first-order valence-corrected chi connectivity index (χ1v) is 7.33. The summed E-state index contributed by atoms with van der Waals surface area (Å²) in [5.41, 5.74) is 0.573. The molecule has 0 amide bonds. The molecule has 1 rings (SSSR count). The molecule has 0 aliphatic carbocycles. The van der Waals surface area contributed by atoms with Gasteiger partial charge in [-0.05, 0) is 45.9 Å². The summed E-state index contributed by atoms with van der Waals surface area (Å²) in [5, 5.41) is 9.04. The maximum atomic E-state index is 9.04. The highest BCUT2D eigenvalue weighted by molar-refractivity contribution is 9.10. The van der Waals surface area contributed by atoms with E-state index in [1.54, 1.807) is 6.07 Å². The Bertz CT molecular complexity index is 444. The molecule has 0 aliphatic rings. The Morgan fingerprint density at radius 1 is 1.26 bits per heavy atom. The van der Waals surface area contributed by atoms with Gasteiger partial charge in [0.25, 0.3) is 0 Å². The number of hydrogen-bond acceptors (Lipinski definition) is 3. The molecule has 3 nitrogen and oxygen atoms in total. The van der Waals surface area contributed by atoms with Gasteiger partial charge in [0.2, 0.25) is 0 Å². The zero-order valence-electron chi connectivity index (χ0n) is 12.0. The molecule has 0 aliphatic heterocycles. The van der Waals surface area contributed by atoms with Crippen LogP contribution in [0.1, 0.15) is 33.3 Å². The summed E-state index contributed by atoms with van der Waals surface area (Å²) in [6, 6.07) is 8.58. The van der Waals surface area contributed by atoms with E-state index in [0.29, 0.717) is 30.0 Å². The highest BCUT2D eigenvalue weighted by Gasteiger charge is 2.13. The first kappa shape index (κ1) is 16.0. The third kappa shape index (κ3) is 4.85. The van der Waals surface area contributed by atoms with Crippen LogP contribution < -0.4 is 4.74 Å². The SMILES string of the molecule is CC(C)N(CCOc1cc(Br)ccc1C#N)C(C)C. The Hall–Kier alpha value is -1.05. The average Bonchev–Trinajstić information content (AvgIpc) is 2.33. The number of halogens is 1. The molecule has 0 spiro atoms. The second kappa shape index (κ2) is 7.52. The van der Waals surface area contributed by atoms with E-state index in [0.717, 1.165) is 11.0 Å². The van der Waals surface area contributed by atoms with Crippen LogP contribution in [0, 0.1) is 11.3 Å². The maximum absolute atomic E-state index is 9.04. The number of ether oxygens (including phenoxy) is 1. The van der Waals surface area contributed by atoms with E-state index in [1.165, 1.54) is 0 Å². The number of nitriles is 1. The lowest BCUT2D eigenvalue weighted by atomic mass is 10.2. The zero-order chi connectivity index (χ0) is 14.4. The third-order valence-corrected chi connectivity index (χ3v) is 3.49. The summed E-state index contributed by atoms with van der Waals surface area (Å²) in [4.78, 5) is 2.37. The van der Waals surface area contributed by atoms with Crippen LogP contribution in [0.25, 0.3) is 0 Å². The van der Waals surface area contributed by atoms with E-state index in [2.05, 4.69) is 54.6 Å². The van der Waals surface area contributed by atoms with Gasteiger partial charge in [-0.3, -0.25) is 4.90 Å². The van der Waals surface area contributed by atoms with Crippen molar-refractivity contribution >= 4 is 15.9 Å². The lowest BCUT2D eigenvalue weighted by molar-refractivity contribution is 0.142. The molecule has 0 heterocycles. The number of nitrogens with zero attached hydrogens (tertiary/aromatic N) is 2. The van der Waals surface area contributed by atoms with Crippen molar-refractivity contribution in [2.45, 2.75) is 39.8 Å². The molecule has 1 aromatic rings. The Labute approximate surface area is 124 Å². The summed E-state index contributed by atoms with van der Waals surface area (Å²) in [5.74, 6) is 0.643. The van der Waals surface area contributed by atoms with Gasteiger partial charge in [-0.1, -0.05) is 15.9 Å². The van der Waals surface area contributed by atoms with Crippen molar-refractivity contribution in [3.05, 3.63) is 28.2 Å². The van der Waals surface area contributed by atoms with Gasteiger partial charge in [0.15, 0.2) is 0 Å². The fourth-order valence-corrected chi connectivity index (χ4v) is 2.42. The molecule has 0 fully saturated rings. The lowest BCUT2D eigenvalue weighted by Gasteiger charge is -2.30. The Kier molecular flexibility index (Phi) is 6.33. The van der Waals surface area contributed by atoms with Gasteiger partial charge in [-0.15, -0.1) is 0 Å². The van der Waals surface area contributed by atoms with E-state index < -0.39 is 0 Å². The Balaban J connectivity index is 2.62. The minimum atomic E-state index is 0.488. The van der Waals surface area contributed by atoms with Crippen LogP contribution in [-0.2, 0) is 0 Å². The smallest absolute Gasteiger partial charge is 0.138 e. The molecule has 1 aromatic carbocycles. The summed E-state index contributed by atoms with van der Waals surface area (Å²) in [6.45, 7) is 10.2. The molecule has 0 N–H and O–H groups in total. The highest BCUT2D eigenvalue weighted by atomic mass is 79.9. The predicted octanol–water partition coefficient (Wildman–Crippen LogP) is 3.82. The Morgan fingerprint density at radius 2 is 1.89 bits per heavy atom. The second-order valence-electron chi connectivity index (χ2n) is 5.03. The second-order valence-corrected chi connectivity index (χ2v) is 5.94. The van der Waals surface area contributed by atoms with Gasteiger partial charge < -0.3 is 4.74 Å². The largest absolute Gasteiger partial charge is 0.491 e. The van der Waals surface area contributed by atoms with Crippen molar-refractivity contribution in [3.63, 3.8) is 0 Å². The average molecular weight is 325 g/mol. The van der Waals surface area contributed by atoms with Crippen LogP contribution in [-0.4, -0.2) is 30.1 Å². The van der Waals surface area contributed by atoms with Crippen LogP contribution >= 0.6 is 15.9 Å². The van der Waals surface area contributed by atoms with Gasteiger partial charge in [0.05, 0.1) is 5.56 Å². The molecular formula is C15H21BrN2O. The molecule has 104 valence electrons. The third-order valence-electron chi connectivity index (χ3n) is 3.00. The van der Waals surface area contributed by atoms with E-state index in [4.69, 9.17) is 10.00 Å². The van der Waals surface area contributed by atoms with Crippen molar-refractivity contribution in [2.24, 2.45) is 0 Å². The van der Waals surface area contributed by atoms with Crippen LogP contribution in [0.3, 0.4) is 0 Å². The number of hydrogen-bond donors (Lipinski definition) is 0. The highest BCUT2D eigenvalue weighted by Crippen LogP contribution is 2.23. The maximum Gasteiger partial charge on any atom is 0.138 e. The van der Waals surface area contributed by atoms with Gasteiger partial charge in [-0.25, -0.2) is 0 Å². The molecule has 0 radical (unpaired) electrons. The molecule has 0 bridgehead atoms. The van der Waals surface area contributed by atoms with Crippen LogP contribution in [0.5, 0.6) is 5.75 Å². The van der Waals surface area contributed by atoms with Crippen LogP contribution in [0.4, 0.5) is 0 Å². The van der Waals surface area contributed by atoms with E-state index in [-0.39, 0.29) is 0 Å². The summed E-state index contributed by atoms with van der Waals surface area (Å²) in [7, 11) is 0. The topological polar surface area (TPSA) is 36.3 Å². The van der Waals surface area contributed by atoms with Gasteiger partial charge >= 0.3 is 0 Å². The monoisotopic (exact) mass is 324 g/mol. The lowest BCUT2D eigenvalue weighted by Crippen LogP contribution is -2.39. The van der Waals surface area contributed by atoms with Crippen LogP contribution in [0.2, 0.25) is 0 Å². The van der Waals surface area contributed by atoms with Crippen molar-refractivity contribution in [2.75, 3.05) is 13.2 Å². The first-order valence-electron chi connectivity index (χ1n) is 6.54. The summed E-state index contributed by atoms with van der Waals surface area (Å²) in [6.07, 6.45) is 0. The molecular weight excluding hydrogens is 304 g/mol. The van der Waals surface area contributed by atoms with Crippen molar-refractivity contribution < 1.29 is 4.74 Å². The minimum Gasteiger partial charge on any atom is -0.491 e. The van der Waals surface area contributed by atoms with Gasteiger partial charge in [0.1, 0.15) is 18.4 Å². The quantitative estimate of drug-likeness (QED) is 0.798. The fourth-order valence-electron chi connectivity index (χ4n) is 2.08. The molecule has 0 saturated heterocycles. The van der Waals surface area contributed by atoms with Gasteiger partial charge in [-0.2, -0.15) is 5.26 Å². The molecule has 0 aromatic heterocycles. The Morgan fingerprint density at radius 3 is 2.42 bits per heavy atom. The van der Waals surface area contributed by atoms with Crippen molar-refractivity contribution in [3.8, 4) is 11.8 Å². The minimum absolute atomic E-state index is 0.488. The van der Waals surface area contributed by atoms with E-state index in [9.17, 15) is 0 Å². The first-order chi connectivity index (χ1) is 8.95. The zero-order valence-corrected chi connectivity index (χ0v) is 13.6. The molecule has 0 saturated carbocycles. The van der Waals surface area contributed by atoms with E-state index >= 15 is 0 Å². The summed E-state index contributed by atoms with van der Waals surface area (Å²) >= 11 is 3.39. The number of rotatable bonds is 6. The van der Waals surface area contributed by atoms with E-state index in [1.807, 2.05) is 12.1 Å². The number of benzene rings is 1. The summed E-state index contributed by atoms with van der Waals surface area (Å²) < 4.78 is 6.67. The fraction of sp³-hybridized carbons (Fsp3) is 0.533. The van der Waals surface area contributed by atoms with Crippen molar-refractivity contribution in [1.29, 1.82) is 5.26 Å². The molecule has 0 atom stereocenters. The van der Waals surface area contributed by atoms with Crippen LogP contribution in [0.15, 0.2) is 22.7 Å².